The van der Waals surface area contributed by atoms with Gasteiger partial charge in [-0.15, -0.1) is 11.3 Å². The normalized spacial score (nSPS) is 13.1. The zero-order valence-electron chi connectivity index (χ0n) is 12.5. The molecule has 0 spiro atoms. The van der Waals surface area contributed by atoms with E-state index in [9.17, 15) is 4.79 Å². The first-order valence-electron chi connectivity index (χ1n) is 6.74. The molecule has 0 aliphatic rings. The van der Waals surface area contributed by atoms with Crippen LogP contribution < -0.4 is 10.6 Å². The van der Waals surface area contributed by atoms with E-state index in [1.807, 2.05) is 33.8 Å². The van der Waals surface area contributed by atoms with Gasteiger partial charge in [-0.2, -0.15) is 0 Å². The largest absolute Gasteiger partial charge is 0.444 e. The van der Waals surface area contributed by atoms with Gasteiger partial charge in [0.2, 0.25) is 0 Å². The number of nitrogens with one attached hydrogen (secondary N) is 2. The molecular formula is C14H23BrN2O2S. The number of ether oxygens (including phenoxy) is 1. The van der Waals surface area contributed by atoms with E-state index >= 15 is 0 Å². The Kier molecular flexibility index (Phi) is 6.99. The summed E-state index contributed by atoms with van der Waals surface area (Å²) in [6.45, 7) is 9.15. The second-order valence-corrected chi connectivity index (χ2v) is 7.43. The average Bonchev–Trinajstić information content (AvgIpc) is 2.71. The fourth-order valence-corrected chi connectivity index (χ4v) is 3.04. The molecule has 20 heavy (non-hydrogen) atoms. The molecule has 1 rings (SSSR count). The molecule has 4 nitrogen and oxygen atoms in total. The van der Waals surface area contributed by atoms with Crippen LogP contribution in [0, 0.1) is 0 Å². The van der Waals surface area contributed by atoms with Crippen LogP contribution in [0.2, 0.25) is 0 Å². The van der Waals surface area contributed by atoms with E-state index in [2.05, 4.69) is 31.9 Å². The van der Waals surface area contributed by atoms with Gasteiger partial charge >= 0.3 is 6.09 Å². The number of hydrogen-bond acceptors (Lipinski definition) is 4. The maximum absolute atomic E-state index is 11.7. The van der Waals surface area contributed by atoms with Gasteiger partial charge in [0.05, 0.1) is 0 Å². The molecule has 1 aromatic heterocycles. The molecule has 0 aliphatic heterocycles. The van der Waals surface area contributed by atoms with Crippen LogP contribution in [-0.2, 0) is 11.3 Å². The minimum Gasteiger partial charge on any atom is -0.444 e. The Labute approximate surface area is 133 Å². The van der Waals surface area contributed by atoms with E-state index < -0.39 is 5.60 Å². The molecule has 0 bridgehead atoms. The average molecular weight is 363 g/mol. The van der Waals surface area contributed by atoms with Crippen molar-refractivity contribution in [3.8, 4) is 0 Å². The molecule has 6 heteroatoms. The van der Waals surface area contributed by atoms with Gasteiger partial charge in [-0.05, 0) is 54.6 Å². The maximum Gasteiger partial charge on any atom is 0.407 e. The van der Waals surface area contributed by atoms with Crippen LogP contribution in [0.15, 0.2) is 15.9 Å². The molecule has 0 saturated heterocycles. The van der Waals surface area contributed by atoms with Gasteiger partial charge in [-0.1, -0.05) is 6.92 Å². The van der Waals surface area contributed by atoms with E-state index in [-0.39, 0.29) is 12.1 Å². The van der Waals surface area contributed by atoms with Crippen LogP contribution in [0.3, 0.4) is 0 Å². The monoisotopic (exact) mass is 362 g/mol. The number of thiophene rings is 1. The number of halogens is 1. The van der Waals surface area contributed by atoms with E-state index in [0.717, 1.165) is 24.0 Å². The predicted molar refractivity (Wildman–Crippen MR) is 87.2 cm³/mol. The lowest BCUT2D eigenvalue weighted by Crippen LogP contribution is -2.43. The highest BCUT2D eigenvalue weighted by Gasteiger charge is 2.18. The van der Waals surface area contributed by atoms with E-state index in [1.165, 1.54) is 4.88 Å². The number of amides is 1. The molecule has 1 aromatic rings. The zero-order chi connectivity index (χ0) is 15.2. The van der Waals surface area contributed by atoms with Crippen molar-refractivity contribution in [1.82, 2.24) is 10.6 Å². The Balaban J connectivity index is 2.32. The molecule has 1 atom stereocenters. The van der Waals surface area contributed by atoms with Gasteiger partial charge in [0.15, 0.2) is 0 Å². The number of hydrogen-bond donors (Lipinski definition) is 2. The summed E-state index contributed by atoms with van der Waals surface area (Å²) < 4.78 is 6.39. The summed E-state index contributed by atoms with van der Waals surface area (Å²) in [6.07, 6.45) is 0.501. The highest BCUT2D eigenvalue weighted by molar-refractivity contribution is 9.10. The van der Waals surface area contributed by atoms with Crippen molar-refractivity contribution < 1.29 is 9.53 Å². The molecule has 0 aromatic carbocycles. The van der Waals surface area contributed by atoms with Gasteiger partial charge in [-0.3, -0.25) is 0 Å². The second-order valence-electron chi connectivity index (χ2n) is 5.57. The third-order valence-corrected chi connectivity index (χ3v) is 4.51. The minimum absolute atomic E-state index is 0.0728. The molecule has 1 unspecified atom stereocenters. The van der Waals surface area contributed by atoms with Crippen molar-refractivity contribution in [2.45, 2.75) is 52.3 Å². The zero-order valence-corrected chi connectivity index (χ0v) is 14.9. The summed E-state index contributed by atoms with van der Waals surface area (Å²) in [5.41, 5.74) is -0.461. The Hall–Kier alpha value is -0.590. The third kappa shape index (κ3) is 6.72. The Morgan fingerprint density at radius 3 is 2.70 bits per heavy atom. The topological polar surface area (TPSA) is 50.4 Å². The minimum atomic E-state index is -0.461. The quantitative estimate of drug-likeness (QED) is 0.806. The third-order valence-electron chi connectivity index (χ3n) is 2.58. The van der Waals surface area contributed by atoms with E-state index in [0.29, 0.717) is 0 Å². The SMILES string of the molecule is CCC(CNCc1sccc1Br)NC(=O)OC(C)(C)C. The number of rotatable bonds is 6. The van der Waals surface area contributed by atoms with Crippen molar-refractivity contribution in [2.24, 2.45) is 0 Å². The van der Waals surface area contributed by atoms with Crippen LogP contribution in [0.25, 0.3) is 0 Å². The van der Waals surface area contributed by atoms with Crippen molar-refractivity contribution in [1.29, 1.82) is 0 Å². The van der Waals surface area contributed by atoms with Crippen LogP contribution in [-0.4, -0.2) is 24.3 Å². The number of carbonyl (C=O) groups excluding carboxylic acids is 1. The van der Waals surface area contributed by atoms with Crippen LogP contribution in [0.1, 0.15) is 39.0 Å². The lowest BCUT2D eigenvalue weighted by Gasteiger charge is -2.23. The van der Waals surface area contributed by atoms with Gasteiger partial charge in [0, 0.05) is 28.5 Å². The first-order valence-corrected chi connectivity index (χ1v) is 8.41. The smallest absolute Gasteiger partial charge is 0.407 e. The van der Waals surface area contributed by atoms with Crippen LogP contribution >= 0.6 is 27.3 Å². The summed E-state index contributed by atoms with van der Waals surface area (Å²) in [4.78, 5) is 13.0. The molecule has 1 amide bonds. The molecule has 0 radical (unpaired) electrons. The van der Waals surface area contributed by atoms with Crippen LogP contribution in [0.5, 0.6) is 0 Å². The maximum atomic E-state index is 11.7. The highest BCUT2D eigenvalue weighted by Crippen LogP contribution is 2.22. The Morgan fingerprint density at radius 2 is 2.20 bits per heavy atom. The van der Waals surface area contributed by atoms with Crippen molar-refractivity contribution in [3.63, 3.8) is 0 Å². The molecule has 0 fully saturated rings. The molecule has 114 valence electrons. The fourth-order valence-electron chi connectivity index (χ4n) is 1.58. The van der Waals surface area contributed by atoms with Gasteiger partial charge < -0.3 is 15.4 Å². The summed E-state index contributed by atoms with van der Waals surface area (Å²) in [5.74, 6) is 0. The Morgan fingerprint density at radius 1 is 1.50 bits per heavy atom. The molecule has 0 saturated carbocycles. The predicted octanol–water partition coefficient (Wildman–Crippen LogP) is 3.90. The summed E-state index contributed by atoms with van der Waals surface area (Å²) in [6, 6.07) is 2.11. The van der Waals surface area contributed by atoms with Crippen molar-refractivity contribution >= 4 is 33.4 Å². The van der Waals surface area contributed by atoms with Gasteiger partial charge in [-0.25, -0.2) is 4.79 Å². The summed E-state index contributed by atoms with van der Waals surface area (Å²) >= 11 is 5.21. The fraction of sp³-hybridized carbons (Fsp3) is 0.643. The molecule has 2 N–H and O–H groups in total. The van der Waals surface area contributed by atoms with Crippen molar-refractivity contribution in [2.75, 3.05) is 6.54 Å². The Bertz CT molecular complexity index is 429. The van der Waals surface area contributed by atoms with Crippen LogP contribution in [0.4, 0.5) is 4.79 Å². The molecular weight excluding hydrogens is 340 g/mol. The van der Waals surface area contributed by atoms with E-state index in [4.69, 9.17) is 4.74 Å². The van der Waals surface area contributed by atoms with Gasteiger partial charge in [0.1, 0.15) is 5.60 Å². The first kappa shape index (κ1) is 17.5. The highest BCUT2D eigenvalue weighted by atomic mass is 79.9. The van der Waals surface area contributed by atoms with E-state index in [1.54, 1.807) is 11.3 Å². The van der Waals surface area contributed by atoms with Crippen molar-refractivity contribution in [3.05, 3.63) is 20.8 Å². The standard InChI is InChI=1S/C14H23BrN2O2S/c1-5-10(17-13(18)19-14(2,3)4)8-16-9-12-11(15)6-7-20-12/h6-7,10,16H,5,8-9H2,1-4H3,(H,17,18). The second kappa shape index (κ2) is 8.00. The summed E-state index contributed by atoms with van der Waals surface area (Å²) in [7, 11) is 0. The lowest BCUT2D eigenvalue weighted by molar-refractivity contribution is 0.0502. The molecule has 1 heterocycles. The molecule has 0 aliphatic carbocycles. The number of carbonyl (C=O) groups is 1. The number of alkyl carbamates (subject to hydrolysis) is 1. The lowest BCUT2D eigenvalue weighted by atomic mass is 10.2. The van der Waals surface area contributed by atoms with Gasteiger partial charge in [0.25, 0.3) is 0 Å². The summed E-state index contributed by atoms with van der Waals surface area (Å²) in [5, 5.41) is 8.30. The first-order chi connectivity index (χ1) is 9.31.